The fourth-order valence-electron chi connectivity index (χ4n) is 2.52. The van der Waals surface area contributed by atoms with Gasteiger partial charge in [0.2, 0.25) is 0 Å². The zero-order valence-electron chi connectivity index (χ0n) is 21.3. The van der Waals surface area contributed by atoms with Crippen LogP contribution in [-0.2, 0) is 37.9 Å². The zero-order chi connectivity index (χ0) is 25.2. The average Bonchev–Trinajstić information content (AvgIpc) is 2.86. The van der Waals surface area contributed by atoms with Gasteiger partial charge in [0.25, 0.3) is 0 Å². The van der Waals surface area contributed by atoms with Gasteiger partial charge < -0.3 is 42.8 Å². The second-order valence-electron chi connectivity index (χ2n) is 7.59. The van der Waals surface area contributed by atoms with Crippen LogP contribution >= 0.6 is 0 Å². The molecule has 10 nitrogen and oxygen atoms in total. The summed E-state index contributed by atoms with van der Waals surface area (Å²) < 4.78 is 43.1. The number of ether oxygens (including phenoxy) is 8. The van der Waals surface area contributed by atoms with Crippen LogP contribution < -0.4 is 0 Å². The lowest BCUT2D eigenvalue weighted by molar-refractivity contribution is -0.0224. The molecule has 202 valence electrons. The van der Waals surface area contributed by atoms with Crippen molar-refractivity contribution in [1.82, 2.24) is 4.90 Å². The third kappa shape index (κ3) is 21.4. The highest BCUT2D eigenvalue weighted by Gasteiger charge is 2.05. The van der Waals surface area contributed by atoms with Crippen molar-refractivity contribution in [2.24, 2.45) is 0 Å². The minimum atomic E-state index is -0.350. The van der Waals surface area contributed by atoms with Gasteiger partial charge in [-0.1, -0.05) is 18.2 Å². The highest BCUT2D eigenvalue weighted by atomic mass is 16.6. The largest absolute Gasteiger partial charge is 0.460 e. The molecule has 1 aromatic rings. The molecule has 0 atom stereocenters. The van der Waals surface area contributed by atoms with Gasteiger partial charge in [0, 0.05) is 6.54 Å². The molecule has 0 spiro atoms. The topological polar surface area (TPSA) is 94.2 Å². The third-order valence-electron chi connectivity index (χ3n) is 4.39. The van der Waals surface area contributed by atoms with Crippen molar-refractivity contribution < 1.29 is 42.7 Å². The summed E-state index contributed by atoms with van der Waals surface area (Å²) in [6.07, 6.45) is 0. The summed E-state index contributed by atoms with van der Waals surface area (Å²) in [4.78, 5) is 13.8. The molecule has 0 radical (unpaired) electrons. The minimum Gasteiger partial charge on any atom is -0.460 e. The molecular formula is C25H43NO9. The Balaban J connectivity index is 1.68. The predicted molar refractivity (Wildman–Crippen MR) is 131 cm³/mol. The van der Waals surface area contributed by atoms with Crippen LogP contribution in [0.5, 0.6) is 0 Å². The molecule has 0 amide bonds. The van der Waals surface area contributed by atoms with Gasteiger partial charge >= 0.3 is 5.97 Å². The van der Waals surface area contributed by atoms with E-state index in [1.807, 2.05) is 20.2 Å². The van der Waals surface area contributed by atoms with Crippen LogP contribution in [0.4, 0.5) is 0 Å². The van der Waals surface area contributed by atoms with E-state index in [9.17, 15) is 4.79 Å². The lowest BCUT2D eigenvalue weighted by Crippen LogP contribution is -2.19. The van der Waals surface area contributed by atoms with E-state index in [0.717, 1.165) is 6.54 Å². The molecule has 35 heavy (non-hydrogen) atoms. The van der Waals surface area contributed by atoms with E-state index >= 15 is 0 Å². The Hall–Kier alpha value is -1.63. The summed E-state index contributed by atoms with van der Waals surface area (Å²) in [6, 6.07) is 8.86. The maximum Gasteiger partial charge on any atom is 0.338 e. The van der Waals surface area contributed by atoms with Crippen LogP contribution in [0, 0.1) is 0 Å². The van der Waals surface area contributed by atoms with E-state index < -0.39 is 0 Å². The summed E-state index contributed by atoms with van der Waals surface area (Å²) in [5.74, 6) is -0.350. The van der Waals surface area contributed by atoms with Crippen LogP contribution in [0.3, 0.4) is 0 Å². The Morgan fingerprint density at radius 2 is 0.886 bits per heavy atom. The molecule has 1 rings (SSSR count). The molecule has 1 aromatic carbocycles. The van der Waals surface area contributed by atoms with Crippen molar-refractivity contribution in [3.05, 3.63) is 35.9 Å². The molecule has 0 fully saturated rings. The lowest BCUT2D eigenvalue weighted by atomic mass is 10.2. The molecule has 0 heterocycles. The number of likely N-dealkylation sites (N-methyl/N-ethyl adjacent to an activating group) is 1. The zero-order valence-corrected chi connectivity index (χ0v) is 21.3. The first-order valence-corrected chi connectivity index (χ1v) is 12.1. The second-order valence-corrected chi connectivity index (χ2v) is 7.59. The number of nitrogens with zero attached hydrogens (tertiary/aromatic N) is 1. The number of benzene rings is 1. The molecule has 10 heteroatoms. The third-order valence-corrected chi connectivity index (χ3v) is 4.39. The van der Waals surface area contributed by atoms with Crippen molar-refractivity contribution >= 4 is 5.97 Å². The van der Waals surface area contributed by atoms with Crippen LogP contribution in [-0.4, -0.2) is 131 Å². The van der Waals surface area contributed by atoms with E-state index in [4.69, 9.17) is 37.9 Å². The highest BCUT2D eigenvalue weighted by molar-refractivity contribution is 5.89. The van der Waals surface area contributed by atoms with Gasteiger partial charge in [0.15, 0.2) is 0 Å². The number of carbonyl (C=O) groups is 1. The molecule has 0 saturated heterocycles. The summed E-state index contributed by atoms with van der Waals surface area (Å²) in [6.45, 7) is 8.35. The fourth-order valence-corrected chi connectivity index (χ4v) is 2.52. The van der Waals surface area contributed by atoms with Crippen molar-refractivity contribution in [2.45, 2.75) is 0 Å². The van der Waals surface area contributed by atoms with Gasteiger partial charge in [-0.2, -0.15) is 0 Å². The fraction of sp³-hybridized carbons (Fsp3) is 0.720. The van der Waals surface area contributed by atoms with Crippen LogP contribution in [0.25, 0.3) is 0 Å². The number of carbonyl (C=O) groups excluding carboxylic acids is 1. The first-order chi connectivity index (χ1) is 17.2. The van der Waals surface area contributed by atoms with Gasteiger partial charge in [-0.3, -0.25) is 0 Å². The summed E-state index contributed by atoms with van der Waals surface area (Å²) in [5, 5.41) is 0. The predicted octanol–water partition coefficient (Wildman–Crippen LogP) is 1.52. The van der Waals surface area contributed by atoms with E-state index in [1.54, 1.807) is 24.3 Å². The van der Waals surface area contributed by atoms with Crippen molar-refractivity contribution in [3.63, 3.8) is 0 Å². The molecule has 0 aliphatic rings. The Bertz CT molecular complexity index is 590. The number of rotatable bonds is 25. The molecule has 0 unspecified atom stereocenters. The number of hydrogen-bond acceptors (Lipinski definition) is 10. The molecule has 0 aliphatic carbocycles. The number of hydrogen-bond donors (Lipinski definition) is 0. The Kier molecular flexibility index (Phi) is 21.6. The van der Waals surface area contributed by atoms with Gasteiger partial charge in [-0.05, 0) is 26.2 Å². The SMILES string of the molecule is CN(C)CCOCCOCCOCCOCCOCCOCCOCCOC(=O)c1ccccc1. The van der Waals surface area contributed by atoms with E-state index in [1.165, 1.54) is 0 Å². The molecule has 0 bridgehead atoms. The Labute approximate surface area is 209 Å². The van der Waals surface area contributed by atoms with Crippen molar-refractivity contribution in [2.75, 3.05) is 120 Å². The summed E-state index contributed by atoms with van der Waals surface area (Å²) in [7, 11) is 4.03. The second kappa shape index (κ2) is 24.1. The Morgan fingerprint density at radius 1 is 0.543 bits per heavy atom. The normalized spacial score (nSPS) is 11.3. The van der Waals surface area contributed by atoms with Gasteiger partial charge in [-0.15, -0.1) is 0 Å². The Morgan fingerprint density at radius 3 is 1.26 bits per heavy atom. The molecule has 0 aromatic heterocycles. The van der Waals surface area contributed by atoms with Crippen LogP contribution in [0.2, 0.25) is 0 Å². The first kappa shape index (κ1) is 31.4. The summed E-state index contributed by atoms with van der Waals surface area (Å²) in [5.41, 5.74) is 0.531. The van der Waals surface area contributed by atoms with E-state index in [0.29, 0.717) is 98.1 Å². The molecule has 0 N–H and O–H groups in total. The van der Waals surface area contributed by atoms with Crippen molar-refractivity contribution in [1.29, 1.82) is 0 Å². The minimum absolute atomic E-state index is 0.211. The van der Waals surface area contributed by atoms with Gasteiger partial charge in [0.05, 0.1) is 98.1 Å². The first-order valence-electron chi connectivity index (χ1n) is 12.1. The monoisotopic (exact) mass is 501 g/mol. The lowest BCUT2D eigenvalue weighted by Gasteiger charge is -2.10. The standard InChI is InChI=1S/C25H43NO9/c1-26(2)8-9-28-10-11-29-12-13-30-14-15-31-16-17-32-18-19-33-20-21-34-22-23-35-25(27)24-6-4-3-5-7-24/h3-7H,8-23H2,1-2H3. The molecular weight excluding hydrogens is 458 g/mol. The molecule has 0 saturated carbocycles. The van der Waals surface area contributed by atoms with E-state index in [2.05, 4.69) is 4.90 Å². The highest BCUT2D eigenvalue weighted by Crippen LogP contribution is 2.00. The maximum absolute atomic E-state index is 11.7. The number of esters is 1. The maximum atomic E-state index is 11.7. The van der Waals surface area contributed by atoms with E-state index in [-0.39, 0.29) is 12.6 Å². The van der Waals surface area contributed by atoms with Gasteiger partial charge in [0.1, 0.15) is 6.61 Å². The summed E-state index contributed by atoms with van der Waals surface area (Å²) >= 11 is 0. The average molecular weight is 502 g/mol. The van der Waals surface area contributed by atoms with Crippen molar-refractivity contribution in [3.8, 4) is 0 Å². The van der Waals surface area contributed by atoms with Crippen LogP contribution in [0.15, 0.2) is 30.3 Å². The smallest absolute Gasteiger partial charge is 0.338 e. The van der Waals surface area contributed by atoms with Gasteiger partial charge in [-0.25, -0.2) is 4.79 Å². The quantitative estimate of drug-likeness (QED) is 0.145. The van der Waals surface area contributed by atoms with Crippen LogP contribution in [0.1, 0.15) is 10.4 Å². The molecule has 0 aliphatic heterocycles.